The highest BCUT2D eigenvalue weighted by Gasteiger charge is 2.09. The zero-order chi connectivity index (χ0) is 12.0. The Labute approximate surface area is 104 Å². The van der Waals surface area contributed by atoms with Gasteiger partial charge in [-0.1, -0.05) is 28.1 Å². The number of halogens is 1. The van der Waals surface area contributed by atoms with Crippen LogP contribution in [0.5, 0.6) is 5.75 Å². The van der Waals surface area contributed by atoms with Crippen LogP contribution in [0.15, 0.2) is 24.3 Å². The third-order valence-corrected chi connectivity index (χ3v) is 3.08. The average Bonchev–Trinajstić information content (AvgIpc) is 2.26. The molecule has 0 aromatic heterocycles. The smallest absolute Gasteiger partial charge is 0.304 e. The minimum Gasteiger partial charge on any atom is -0.497 e. The fourth-order valence-corrected chi connectivity index (χ4v) is 1.91. The number of alkyl halides is 1. The number of hydrogen-bond donors (Lipinski definition) is 1. The SMILES string of the molecule is COc1ccc(CCC(Br)CC(=O)O)cc1. The van der Waals surface area contributed by atoms with E-state index in [9.17, 15) is 4.79 Å². The van der Waals surface area contributed by atoms with Gasteiger partial charge in [0.15, 0.2) is 0 Å². The Morgan fingerprint density at radius 3 is 2.56 bits per heavy atom. The fraction of sp³-hybridized carbons (Fsp3) is 0.417. The van der Waals surface area contributed by atoms with Crippen molar-refractivity contribution < 1.29 is 14.6 Å². The molecule has 1 atom stereocenters. The van der Waals surface area contributed by atoms with E-state index in [1.54, 1.807) is 7.11 Å². The number of methoxy groups -OCH3 is 1. The number of hydrogen-bond acceptors (Lipinski definition) is 2. The van der Waals surface area contributed by atoms with E-state index in [1.807, 2.05) is 24.3 Å². The number of benzene rings is 1. The Balaban J connectivity index is 2.39. The van der Waals surface area contributed by atoms with Crippen molar-refractivity contribution >= 4 is 21.9 Å². The third-order valence-electron chi connectivity index (χ3n) is 2.30. The summed E-state index contributed by atoms with van der Waals surface area (Å²) in [6.07, 6.45) is 1.85. The lowest BCUT2D eigenvalue weighted by Gasteiger charge is -2.07. The van der Waals surface area contributed by atoms with Crippen LogP contribution in [0, 0.1) is 0 Å². The van der Waals surface area contributed by atoms with Crippen molar-refractivity contribution in [2.24, 2.45) is 0 Å². The summed E-state index contributed by atoms with van der Waals surface area (Å²) >= 11 is 3.36. The summed E-state index contributed by atoms with van der Waals surface area (Å²) in [5.41, 5.74) is 1.19. The molecule has 0 spiro atoms. The van der Waals surface area contributed by atoms with Gasteiger partial charge in [0.1, 0.15) is 5.75 Å². The van der Waals surface area contributed by atoms with Crippen molar-refractivity contribution in [1.82, 2.24) is 0 Å². The lowest BCUT2D eigenvalue weighted by Crippen LogP contribution is -2.07. The van der Waals surface area contributed by atoms with E-state index in [2.05, 4.69) is 15.9 Å². The number of carboxylic acid groups (broad SMARTS) is 1. The molecule has 0 aliphatic carbocycles. The van der Waals surface area contributed by atoms with E-state index >= 15 is 0 Å². The molecule has 1 N–H and O–H groups in total. The first-order chi connectivity index (χ1) is 7.61. The molecule has 1 aromatic rings. The molecule has 1 aromatic carbocycles. The van der Waals surface area contributed by atoms with Gasteiger partial charge in [0.05, 0.1) is 13.5 Å². The summed E-state index contributed by atoms with van der Waals surface area (Å²) in [6, 6.07) is 7.82. The molecule has 1 rings (SSSR count). The minimum absolute atomic E-state index is 0.0344. The molecular formula is C12H15BrO3. The van der Waals surface area contributed by atoms with Crippen molar-refractivity contribution in [1.29, 1.82) is 0 Å². The van der Waals surface area contributed by atoms with E-state index in [0.717, 1.165) is 18.6 Å². The second-order valence-corrected chi connectivity index (χ2v) is 4.88. The maximum Gasteiger partial charge on any atom is 0.304 e. The van der Waals surface area contributed by atoms with Crippen LogP contribution in [0.1, 0.15) is 18.4 Å². The van der Waals surface area contributed by atoms with Crippen LogP contribution < -0.4 is 4.74 Å². The van der Waals surface area contributed by atoms with Crippen LogP contribution in [0.25, 0.3) is 0 Å². The standard InChI is InChI=1S/C12H15BrO3/c1-16-11-6-3-9(4-7-11)2-5-10(13)8-12(14)15/h3-4,6-7,10H,2,5,8H2,1H3,(H,14,15). The first kappa shape index (κ1) is 13.0. The van der Waals surface area contributed by atoms with Gasteiger partial charge in [-0.15, -0.1) is 0 Å². The quantitative estimate of drug-likeness (QED) is 0.818. The van der Waals surface area contributed by atoms with Crippen molar-refractivity contribution in [3.63, 3.8) is 0 Å². The maximum atomic E-state index is 10.5. The molecule has 0 fully saturated rings. The predicted molar refractivity (Wildman–Crippen MR) is 66.3 cm³/mol. The van der Waals surface area contributed by atoms with Gasteiger partial charge in [-0.05, 0) is 30.5 Å². The highest BCUT2D eigenvalue weighted by molar-refractivity contribution is 9.09. The Morgan fingerprint density at radius 2 is 2.06 bits per heavy atom. The van der Waals surface area contributed by atoms with Crippen LogP contribution in [-0.2, 0) is 11.2 Å². The number of rotatable bonds is 6. The number of ether oxygens (including phenoxy) is 1. The van der Waals surface area contributed by atoms with Crippen LogP contribution >= 0.6 is 15.9 Å². The number of carboxylic acids is 1. The monoisotopic (exact) mass is 286 g/mol. The van der Waals surface area contributed by atoms with Crippen molar-refractivity contribution in [3.8, 4) is 5.75 Å². The highest BCUT2D eigenvalue weighted by atomic mass is 79.9. The van der Waals surface area contributed by atoms with Gasteiger partial charge in [-0.2, -0.15) is 0 Å². The predicted octanol–water partition coefficient (Wildman–Crippen LogP) is 2.87. The van der Waals surface area contributed by atoms with Crippen LogP contribution in [-0.4, -0.2) is 23.0 Å². The molecule has 4 heteroatoms. The Bertz CT molecular complexity index is 335. The molecule has 0 bridgehead atoms. The Morgan fingerprint density at radius 1 is 1.44 bits per heavy atom. The first-order valence-electron chi connectivity index (χ1n) is 5.10. The minimum atomic E-state index is -0.767. The molecule has 0 heterocycles. The number of aliphatic carboxylic acids is 1. The second kappa shape index (κ2) is 6.53. The molecule has 3 nitrogen and oxygen atoms in total. The largest absolute Gasteiger partial charge is 0.497 e. The van der Waals surface area contributed by atoms with E-state index in [0.29, 0.717) is 0 Å². The van der Waals surface area contributed by atoms with Crippen molar-refractivity contribution in [2.75, 3.05) is 7.11 Å². The lowest BCUT2D eigenvalue weighted by molar-refractivity contribution is -0.136. The molecule has 1 unspecified atom stereocenters. The van der Waals surface area contributed by atoms with Crippen molar-refractivity contribution in [3.05, 3.63) is 29.8 Å². The molecule has 0 aliphatic rings. The fourth-order valence-electron chi connectivity index (χ4n) is 1.41. The summed E-state index contributed by atoms with van der Waals surface area (Å²) < 4.78 is 5.06. The van der Waals surface area contributed by atoms with Gasteiger partial charge >= 0.3 is 5.97 Å². The Hall–Kier alpha value is -1.03. The van der Waals surface area contributed by atoms with Gasteiger partial charge in [0, 0.05) is 4.83 Å². The van der Waals surface area contributed by atoms with E-state index in [4.69, 9.17) is 9.84 Å². The maximum absolute atomic E-state index is 10.5. The highest BCUT2D eigenvalue weighted by Crippen LogP contribution is 2.16. The number of aryl methyl sites for hydroxylation is 1. The first-order valence-corrected chi connectivity index (χ1v) is 6.02. The van der Waals surface area contributed by atoms with Gasteiger partial charge in [0.2, 0.25) is 0 Å². The van der Waals surface area contributed by atoms with E-state index in [1.165, 1.54) is 5.56 Å². The summed E-state index contributed by atoms with van der Waals surface area (Å²) in [5.74, 6) is 0.0706. The molecule has 0 aliphatic heterocycles. The molecular weight excluding hydrogens is 272 g/mol. The van der Waals surface area contributed by atoms with Crippen LogP contribution in [0.4, 0.5) is 0 Å². The summed E-state index contributed by atoms with van der Waals surface area (Å²) in [5, 5.41) is 8.60. The lowest BCUT2D eigenvalue weighted by atomic mass is 10.1. The second-order valence-electron chi connectivity index (χ2n) is 3.58. The topological polar surface area (TPSA) is 46.5 Å². The molecule has 0 radical (unpaired) electrons. The van der Waals surface area contributed by atoms with Gasteiger partial charge in [-0.3, -0.25) is 4.79 Å². The van der Waals surface area contributed by atoms with E-state index < -0.39 is 5.97 Å². The molecule has 0 amide bonds. The van der Waals surface area contributed by atoms with Gasteiger partial charge in [-0.25, -0.2) is 0 Å². The van der Waals surface area contributed by atoms with Crippen LogP contribution in [0.3, 0.4) is 0 Å². The summed E-state index contributed by atoms with van der Waals surface area (Å²) in [6.45, 7) is 0. The summed E-state index contributed by atoms with van der Waals surface area (Å²) in [4.78, 5) is 10.5. The van der Waals surface area contributed by atoms with Crippen LogP contribution in [0.2, 0.25) is 0 Å². The van der Waals surface area contributed by atoms with E-state index in [-0.39, 0.29) is 11.2 Å². The number of carbonyl (C=O) groups is 1. The molecule has 0 saturated heterocycles. The Kier molecular flexibility index (Phi) is 5.32. The third kappa shape index (κ3) is 4.66. The molecule has 0 saturated carbocycles. The summed E-state index contributed by atoms with van der Waals surface area (Å²) in [7, 11) is 1.64. The van der Waals surface area contributed by atoms with Gasteiger partial charge in [0.25, 0.3) is 0 Å². The normalized spacial score (nSPS) is 12.1. The average molecular weight is 287 g/mol. The van der Waals surface area contributed by atoms with Gasteiger partial charge < -0.3 is 9.84 Å². The molecule has 16 heavy (non-hydrogen) atoms. The zero-order valence-corrected chi connectivity index (χ0v) is 10.7. The van der Waals surface area contributed by atoms with Crippen molar-refractivity contribution in [2.45, 2.75) is 24.1 Å². The molecule has 88 valence electrons. The zero-order valence-electron chi connectivity index (χ0n) is 9.15.